The Kier molecular flexibility index (Phi) is 9.77. The molecule has 4 bridgehead atoms. The molecule has 0 spiro atoms. The minimum absolute atomic E-state index is 0.0281. The van der Waals surface area contributed by atoms with E-state index >= 15 is 4.39 Å². The fraction of sp³-hybridized carbons (Fsp3) is 0.324. The topological polar surface area (TPSA) is 103 Å². The lowest BCUT2D eigenvalue weighted by molar-refractivity contribution is -0.0589. The van der Waals surface area contributed by atoms with Crippen molar-refractivity contribution in [2.24, 2.45) is 0 Å². The van der Waals surface area contributed by atoms with Crippen molar-refractivity contribution in [2.45, 2.75) is 45.3 Å². The number of halogens is 2. The Hall–Kier alpha value is -4.55. The fourth-order valence-corrected chi connectivity index (χ4v) is 6.25. The first-order valence-electron chi connectivity index (χ1n) is 16.0. The first-order chi connectivity index (χ1) is 23.9. The van der Waals surface area contributed by atoms with Crippen molar-refractivity contribution in [1.29, 1.82) is 0 Å². The van der Waals surface area contributed by atoms with E-state index in [-0.39, 0.29) is 39.0 Å². The molecule has 2 aliphatic rings. The van der Waals surface area contributed by atoms with Crippen LogP contribution in [0.4, 0.5) is 4.39 Å². The number of pyridine rings is 1. The molecule has 12 heteroatoms. The molecule has 2 aromatic heterocycles. The smallest absolute Gasteiger partial charge is 0.338 e. The van der Waals surface area contributed by atoms with Crippen molar-refractivity contribution in [2.75, 3.05) is 34.0 Å². The van der Waals surface area contributed by atoms with Crippen LogP contribution in [0.1, 0.15) is 44.9 Å². The summed E-state index contributed by atoms with van der Waals surface area (Å²) >= 11 is 6.34. The lowest BCUT2D eigenvalue weighted by atomic mass is 9.99. The second-order valence-corrected chi connectivity index (χ2v) is 12.4. The molecule has 4 heterocycles. The van der Waals surface area contributed by atoms with E-state index in [0.29, 0.717) is 75.7 Å². The molecule has 49 heavy (non-hydrogen) atoms. The number of hydrogen-bond acceptors (Lipinski definition) is 9. The molecule has 1 saturated heterocycles. The van der Waals surface area contributed by atoms with Crippen molar-refractivity contribution >= 4 is 28.6 Å². The lowest BCUT2D eigenvalue weighted by Gasteiger charge is -2.27. The summed E-state index contributed by atoms with van der Waals surface area (Å²) in [5.41, 5.74) is 5.62. The highest BCUT2D eigenvalue weighted by molar-refractivity contribution is 6.30. The molecule has 1 fully saturated rings. The van der Waals surface area contributed by atoms with Crippen LogP contribution >= 0.6 is 11.6 Å². The van der Waals surface area contributed by atoms with Crippen LogP contribution in [-0.2, 0) is 51.7 Å². The number of rotatable bonds is 9. The molecule has 254 valence electrons. The molecule has 1 atom stereocenters. The van der Waals surface area contributed by atoms with E-state index in [9.17, 15) is 4.79 Å². The summed E-state index contributed by atoms with van der Waals surface area (Å²) < 4.78 is 52.4. The van der Waals surface area contributed by atoms with Gasteiger partial charge in [-0.2, -0.15) is 0 Å². The first kappa shape index (κ1) is 33.0. The predicted octanol–water partition coefficient (Wildman–Crippen LogP) is 6.69. The van der Waals surface area contributed by atoms with Crippen LogP contribution in [0.3, 0.4) is 0 Å². The summed E-state index contributed by atoms with van der Waals surface area (Å²) in [6.45, 7) is 2.50. The number of carbonyl (C=O) groups excluding carboxylic acids is 1. The number of nitrogens with zero attached hydrogens (tertiary/aromatic N) is 3. The van der Waals surface area contributed by atoms with Gasteiger partial charge in [-0.15, -0.1) is 0 Å². The van der Waals surface area contributed by atoms with Crippen LogP contribution in [0, 0.1) is 5.82 Å². The Morgan fingerprint density at radius 2 is 1.86 bits per heavy atom. The fourth-order valence-electron chi connectivity index (χ4n) is 6.05. The third-order valence-corrected chi connectivity index (χ3v) is 8.98. The van der Waals surface area contributed by atoms with Gasteiger partial charge in [-0.3, -0.25) is 0 Å². The molecule has 0 aliphatic carbocycles. The molecule has 0 amide bonds. The molecular weight excluding hydrogens is 653 g/mol. The van der Waals surface area contributed by atoms with Gasteiger partial charge < -0.3 is 33.0 Å². The minimum atomic E-state index is -0.500. The van der Waals surface area contributed by atoms with Gasteiger partial charge in [0.2, 0.25) is 5.88 Å². The Balaban J connectivity index is 1.32. The highest BCUT2D eigenvalue weighted by Gasteiger charge is 2.26. The van der Waals surface area contributed by atoms with Gasteiger partial charge in [0.1, 0.15) is 36.1 Å². The van der Waals surface area contributed by atoms with Crippen molar-refractivity contribution < 1.29 is 37.6 Å². The maximum atomic E-state index is 16.1. The van der Waals surface area contributed by atoms with E-state index in [2.05, 4.69) is 4.98 Å². The minimum Gasteiger partial charge on any atom is -0.489 e. The summed E-state index contributed by atoms with van der Waals surface area (Å²) in [4.78, 5) is 22.3. The van der Waals surface area contributed by atoms with Crippen LogP contribution in [0.25, 0.3) is 22.3 Å². The van der Waals surface area contributed by atoms with Gasteiger partial charge in [-0.1, -0.05) is 23.7 Å². The number of hydrogen-bond donors (Lipinski definition) is 0. The number of esters is 1. The van der Waals surface area contributed by atoms with Gasteiger partial charge in [-0.05, 0) is 71.1 Å². The Morgan fingerprint density at radius 3 is 2.65 bits per heavy atom. The molecule has 0 unspecified atom stereocenters. The molecule has 2 aliphatic heterocycles. The van der Waals surface area contributed by atoms with E-state index in [4.69, 9.17) is 45.0 Å². The van der Waals surface area contributed by atoms with Crippen LogP contribution in [0.2, 0.25) is 5.02 Å². The number of methoxy groups -OCH3 is 2. The van der Waals surface area contributed by atoms with Crippen LogP contribution in [0.5, 0.6) is 11.6 Å². The Labute approximate surface area is 287 Å². The number of benzene rings is 3. The van der Waals surface area contributed by atoms with Crippen molar-refractivity contribution in [1.82, 2.24) is 14.5 Å². The standard InChI is InChI=1S/C37H35ClFN3O7/c1-44-10-11-48-33-16-24(37(43)45-2)15-32-36(33)41-34(42(32)18-28-8-9-47-28)17-23-14-30(39)29-13-26(23)20-46-19-25-12-27(38)7-6-22(25)21-49-35-5-3-4-31(29)40-35/h3-7,12-16,28H,8-11,17-21H2,1-2H3/t28-/m0/s1. The van der Waals surface area contributed by atoms with Crippen molar-refractivity contribution in [3.05, 3.63) is 105 Å². The van der Waals surface area contributed by atoms with Crippen LogP contribution in [0.15, 0.2) is 60.7 Å². The zero-order valence-corrected chi connectivity index (χ0v) is 27.9. The summed E-state index contributed by atoms with van der Waals surface area (Å²) in [7, 11) is 2.92. The molecular formula is C37H35ClFN3O7. The van der Waals surface area contributed by atoms with Gasteiger partial charge >= 0.3 is 5.97 Å². The van der Waals surface area contributed by atoms with Crippen molar-refractivity contribution in [3.63, 3.8) is 0 Å². The second-order valence-electron chi connectivity index (χ2n) is 11.9. The predicted molar refractivity (Wildman–Crippen MR) is 180 cm³/mol. The average molecular weight is 688 g/mol. The average Bonchev–Trinajstić information content (AvgIpc) is 3.43. The summed E-state index contributed by atoms with van der Waals surface area (Å²) in [6, 6.07) is 17.6. The number of carbonyl (C=O) groups is 1. The summed E-state index contributed by atoms with van der Waals surface area (Å²) in [5, 5.41) is 0.590. The normalized spacial score (nSPS) is 15.6. The maximum absolute atomic E-state index is 16.1. The molecule has 10 nitrogen and oxygen atoms in total. The molecule has 7 rings (SSSR count). The molecule has 5 aromatic rings. The quantitative estimate of drug-likeness (QED) is 0.124. The van der Waals surface area contributed by atoms with E-state index in [1.807, 2.05) is 22.8 Å². The monoisotopic (exact) mass is 687 g/mol. The summed E-state index contributed by atoms with van der Waals surface area (Å²) in [6.07, 6.45) is 1.12. The summed E-state index contributed by atoms with van der Waals surface area (Å²) in [5.74, 6) is 0.520. The van der Waals surface area contributed by atoms with Crippen molar-refractivity contribution in [3.8, 4) is 22.9 Å². The van der Waals surface area contributed by atoms with Gasteiger partial charge in [0.15, 0.2) is 0 Å². The van der Waals surface area contributed by atoms with E-state index in [0.717, 1.165) is 23.1 Å². The number of aromatic nitrogens is 3. The van der Waals surface area contributed by atoms with E-state index < -0.39 is 11.8 Å². The van der Waals surface area contributed by atoms with Crippen LogP contribution in [-0.4, -0.2) is 60.6 Å². The molecule has 0 radical (unpaired) electrons. The Morgan fingerprint density at radius 1 is 1.00 bits per heavy atom. The van der Waals surface area contributed by atoms with Gasteiger partial charge in [0.05, 0.1) is 56.4 Å². The van der Waals surface area contributed by atoms with E-state index in [1.165, 1.54) is 13.2 Å². The highest BCUT2D eigenvalue weighted by Crippen LogP contribution is 2.34. The van der Waals surface area contributed by atoms with Gasteiger partial charge in [-0.25, -0.2) is 19.2 Å². The molecule has 0 saturated carbocycles. The lowest BCUT2D eigenvalue weighted by Crippen LogP contribution is -2.31. The second kappa shape index (κ2) is 14.5. The van der Waals surface area contributed by atoms with Crippen LogP contribution < -0.4 is 9.47 Å². The highest BCUT2D eigenvalue weighted by atomic mass is 35.5. The Bertz CT molecular complexity index is 2010. The van der Waals surface area contributed by atoms with Gasteiger partial charge in [0, 0.05) is 36.8 Å². The first-order valence-corrected chi connectivity index (χ1v) is 16.4. The number of imidazole rings is 1. The zero-order valence-electron chi connectivity index (χ0n) is 27.2. The number of ether oxygens (including phenoxy) is 6. The zero-order chi connectivity index (χ0) is 33.9. The largest absolute Gasteiger partial charge is 0.489 e. The van der Waals surface area contributed by atoms with Gasteiger partial charge in [0.25, 0.3) is 0 Å². The third-order valence-electron chi connectivity index (χ3n) is 8.74. The SMILES string of the molecule is COCCOc1cc(C(=O)OC)cc2c1nc(Cc1cc(F)c3cc1COCc1cc(Cl)ccc1COc1cccc-3n1)n2C[C@@H]1CCO1. The third kappa shape index (κ3) is 7.11. The molecule has 0 N–H and O–H groups in total. The number of fused-ring (bicyclic) bond motifs is 7. The molecule has 3 aromatic carbocycles. The maximum Gasteiger partial charge on any atom is 0.338 e. The van der Waals surface area contributed by atoms with E-state index in [1.54, 1.807) is 43.5 Å².